The minimum atomic E-state index is -0.478. The fourth-order valence-electron chi connectivity index (χ4n) is 4.74. The van der Waals surface area contributed by atoms with Crippen molar-refractivity contribution in [2.24, 2.45) is 5.92 Å². The van der Waals surface area contributed by atoms with E-state index in [-0.39, 0.29) is 17.6 Å². The summed E-state index contributed by atoms with van der Waals surface area (Å²) in [7, 11) is 0. The lowest BCUT2D eigenvalue weighted by Crippen LogP contribution is -2.35. The van der Waals surface area contributed by atoms with Gasteiger partial charge in [-0.15, -0.1) is 0 Å². The van der Waals surface area contributed by atoms with Gasteiger partial charge in [0.25, 0.3) is 0 Å². The number of carbonyl (C=O) groups excluding carboxylic acids is 2. The average Bonchev–Trinajstić information content (AvgIpc) is 3.51. The second-order valence-corrected chi connectivity index (χ2v) is 8.78. The summed E-state index contributed by atoms with van der Waals surface area (Å²) in [4.78, 5) is 26.6. The van der Waals surface area contributed by atoms with Crippen LogP contribution < -0.4 is 0 Å². The number of rotatable bonds is 9. The lowest BCUT2D eigenvalue weighted by Gasteiger charge is -2.26. The number of aliphatic hydroxyl groups is 1. The van der Waals surface area contributed by atoms with Crippen molar-refractivity contribution in [3.8, 4) is 0 Å². The molecule has 2 aliphatic rings. The Balaban J connectivity index is 1.44. The predicted molar refractivity (Wildman–Crippen MR) is 128 cm³/mol. The van der Waals surface area contributed by atoms with Crippen LogP contribution in [0.2, 0.25) is 0 Å². The summed E-state index contributed by atoms with van der Waals surface area (Å²) in [5.74, 6) is 0.128. The molecule has 166 valence electrons. The highest BCUT2D eigenvalue weighted by Gasteiger charge is 2.27. The molecule has 0 atom stereocenters. The van der Waals surface area contributed by atoms with E-state index < -0.39 is 6.61 Å². The monoisotopic (exact) mass is 429 g/mol. The molecule has 0 unspecified atom stereocenters. The molecule has 0 aromatic heterocycles. The summed E-state index contributed by atoms with van der Waals surface area (Å²) in [6.07, 6.45) is 11.6. The van der Waals surface area contributed by atoms with Gasteiger partial charge < -0.3 is 10.0 Å². The minimum Gasteiger partial charge on any atom is -0.388 e. The molecule has 0 spiro atoms. The molecule has 1 amide bonds. The van der Waals surface area contributed by atoms with Crippen LogP contribution in [0.5, 0.6) is 0 Å². The molecular weight excluding hydrogens is 398 g/mol. The Morgan fingerprint density at radius 1 is 1.03 bits per heavy atom. The van der Waals surface area contributed by atoms with Crippen LogP contribution in [0, 0.1) is 5.92 Å². The van der Waals surface area contributed by atoms with Crippen LogP contribution in [0.15, 0.2) is 60.7 Å². The number of carbonyl (C=O) groups is 2. The van der Waals surface area contributed by atoms with Crippen molar-refractivity contribution in [3.05, 3.63) is 82.9 Å². The summed E-state index contributed by atoms with van der Waals surface area (Å²) >= 11 is 0. The largest absolute Gasteiger partial charge is 0.388 e. The maximum absolute atomic E-state index is 13.3. The molecule has 2 aliphatic carbocycles. The molecule has 2 aromatic carbocycles. The van der Waals surface area contributed by atoms with Crippen molar-refractivity contribution in [1.82, 2.24) is 4.90 Å². The van der Waals surface area contributed by atoms with Gasteiger partial charge in [-0.05, 0) is 59.6 Å². The number of fused-ring (bicyclic) bond motifs is 1. The van der Waals surface area contributed by atoms with E-state index in [9.17, 15) is 9.59 Å². The highest BCUT2D eigenvalue weighted by atomic mass is 16.3. The van der Waals surface area contributed by atoms with Crippen molar-refractivity contribution in [1.29, 1.82) is 0 Å². The van der Waals surface area contributed by atoms with E-state index in [1.54, 1.807) is 6.08 Å². The van der Waals surface area contributed by atoms with Gasteiger partial charge in [0.2, 0.25) is 5.91 Å². The van der Waals surface area contributed by atoms with Gasteiger partial charge in [-0.2, -0.15) is 0 Å². The van der Waals surface area contributed by atoms with Gasteiger partial charge in [0.1, 0.15) is 6.61 Å². The number of aliphatic hydroxyl groups excluding tert-OH is 1. The van der Waals surface area contributed by atoms with Crippen molar-refractivity contribution < 1.29 is 14.7 Å². The number of hydrogen-bond acceptors (Lipinski definition) is 3. The number of hydrogen-bond donors (Lipinski definition) is 1. The molecular formula is C28H31NO3. The number of nitrogens with zero attached hydrogens (tertiary/aromatic N) is 1. The standard InChI is InChI=1S/C28H31NO3/c30-20-26(31)16-13-21-9-11-22(12-10-21)19-29(28(32)25-6-1-2-7-25)18-17-24-15-14-23-5-3-4-8-27(23)24/h3-5,8-13,15-16,25,30H,1-2,6-7,14,17-20H2/b16-13+. The molecule has 4 nitrogen and oxygen atoms in total. The fourth-order valence-corrected chi connectivity index (χ4v) is 4.74. The van der Waals surface area contributed by atoms with E-state index >= 15 is 0 Å². The van der Waals surface area contributed by atoms with E-state index in [2.05, 4.69) is 30.3 Å². The Morgan fingerprint density at radius 2 is 1.78 bits per heavy atom. The Labute approximate surface area is 190 Å². The highest BCUT2D eigenvalue weighted by Crippen LogP contribution is 2.31. The lowest BCUT2D eigenvalue weighted by molar-refractivity contribution is -0.135. The van der Waals surface area contributed by atoms with Gasteiger partial charge in [0.15, 0.2) is 5.78 Å². The fraction of sp³-hybridized carbons (Fsp3) is 0.357. The third-order valence-corrected chi connectivity index (χ3v) is 6.57. The summed E-state index contributed by atoms with van der Waals surface area (Å²) in [6.45, 7) is 0.847. The van der Waals surface area contributed by atoms with Crippen molar-refractivity contribution >= 4 is 23.3 Å². The van der Waals surface area contributed by atoms with Crippen LogP contribution in [0.25, 0.3) is 11.6 Å². The van der Waals surface area contributed by atoms with Gasteiger partial charge in [0, 0.05) is 19.0 Å². The zero-order valence-corrected chi connectivity index (χ0v) is 18.5. The molecule has 4 heteroatoms. The van der Waals surface area contributed by atoms with Gasteiger partial charge >= 0.3 is 0 Å². The number of amides is 1. The molecule has 4 rings (SSSR count). The van der Waals surface area contributed by atoms with Crippen LogP contribution in [0.1, 0.15) is 54.4 Å². The highest BCUT2D eigenvalue weighted by molar-refractivity contribution is 5.94. The average molecular weight is 430 g/mol. The third-order valence-electron chi connectivity index (χ3n) is 6.57. The van der Waals surface area contributed by atoms with Crippen molar-refractivity contribution in [2.75, 3.05) is 13.2 Å². The van der Waals surface area contributed by atoms with E-state index in [0.29, 0.717) is 6.54 Å². The number of benzene rings is 2. The summed E-state index contributed by atoms with van der Waals surface area (Å²) in [5.41, 5.74) is 6.03. The maximum Gasteiger partial charge on any atom is 0.225 e. The first-order chi connectivity index (χ1) is 15.6. The third kappa shape index (κ3) is 5.43. The molecule has 0 saturated heterocycles. The molecule has 2 aromatic rings. The van der Waals surface area contributed by atoms with Crippen LogP contribution in [-0.4, -0.2) is 34.8 Å². The van der Waals surface area contributed by atoms with Crippen LogP contribution in [0.3, 0.4) is 0 Å². The zero-order chi connectivity index (χ0) is 22.3. The smallest absolute Gasteiger partial charge is 0.225 e. The van der Waals surface area contributed by atoms with Gasteiger partial charge in [-0.25, -0.2) is 0 Å². The zero-order valence-electron chi connectivity index (χ0n) is 18.5. The second-order valence-electron chi connectivity index (χ2n) is 8.78. The molecule has 1 N–H and O–H groups in total. The summed E-state index contributed by atoms with van der Waals surface area (Å²) in [6, 6.07) is 16.5. The molecule has 0 aliphatic heterocycles. The van der Waals surface area contributed by atoms with E-state index in [1.807, 2.05) is 29.2 Å². The molecule has 0 radical (unpaired) electrons. The molecule has 32 heavy (non-hydrogen) atoms. The molecule has 1 fully saturated rings. The maximum atomic E-state index is 13.3. The topological polar surface area (TPSA) is 57.6 Å². The summed E-state index contributed by atoms with van der Waals surface area (Å²) < 4.78 is 0. The Hall–Kier alpha value is -2.98. The Morgan fingerprint density at radius 3 is 2.53 bits per heavy atom. The molecule has 0 bridgehead atoms. The number of ketones is 1. The van der Waals surface area contributed by atoms with Gasteiger partial charge in [-0.3, -0.25) is 9.59 Å². The first-order valence-electron chi connectivity index (χ1n) is 11.6. The lowest BCUT2D eigenvalue weighted by atomic mass is 10.0. The van der Waals surface area contributed by atoms with Crippen LogP contribution in [0.4, 0.5) is 0 Å². The second kappa shape index (κ2) is 10.6. The van der Waals surface area contributed by atoms with E-state index in [1.165, 1.54) is 22.8 Å². The number of allylic oxidation sites excluding steroid dienone is 1. The Kier molecular flexibility index (Phi) is 7.33. The predicted octanol–water partition coefficient (Wildman–Crippen LogP) is 4.81. The molecule has 0 heterocycles. The van der Waals surface area contributed by atoms with Crippen LogP contribution >= 0.6 is 0 Å². The van der Waals surface area contributed by atoms with E-state index in [0.717, 1.165) is 56.2 Å². The van der Waals surface area contributed by atoms with E-state index in [4.69, 9.17) is 5.11 Å². The SMILES string of the molecule is O=C(/C=C/c1ccc(CN(CCC2=CCc3ccccc32)C(=O)C2CCCC2)cc1)CO. The Bertz CT molecular complexity index is 1010. The van der Waals surface area contributed by atoms with Gasteiger partial charge in [0.05, 0.1) is 0 Å². The summed E-state index contributed by atoms with van der Waals surface area (Å²) in [5, 5.41) is 8.84. The van der Waals surface area contributed by atoms with Crippen molar-refractivity contribution in [2.45, 2.75) is 45.1 Å². The first kappa shape index (κ1) is 22.2. The first-order valence-corrected chi connectivity index (χ1v) is 11.6. The molecule has 1 saturated carbocycles. The normalized spacial score (nSPS) is 15.7. The van der Waals surface area contributed by atoms with Gasteiger partial charge in [-0.1, -0.05) is 73.5 Å². The quantitative estimate of drug-likeness (QED) is 0.582. The van der Waals surface area contributed by atoms with Crippen LogP contribution in [-0.2, 0) is 22.6 Å². The minimum absolute atomic E-state index is 0.159. The van der Waals surface area contributed by atoms with Crippen molar-refractivity contribution in [3.63, 3.8) is 0 Å².